The minimum atomic E-state index is 0. The van der Waals surface area contributed by atoms with Crippen molar-refractivity contribution in [3.63, 3.8) is 0 Å². The molecule has 114 valence electrons. The Kier molecular flexibility index (Phi) is 7.03. The van der Waals surface area contributed by atoms with Crippen LogP contribution in [0.1, 0.15) is 35.9 Å². The fraction of sp³-hybridized carbons (Fsp3) is 0.357. The molecule has 0 saturated heterocycles. The quantitative estimate of drug-likeness (QED) is 0.454. The topological polar surface area (TPSA) is 76.2 Å². The Morgan fingerprint density at radius 1 is 1.43 bits per heavy atom. The molecule has 0 saturated carbocycles. The molecule has 1 aromatic heterocycles. The average molecular weight is 417 g/mol. The lowest BCUT2D eigenvalue weighted by Crippen LogP contribution is -2.22. The van der Waals surface area contributed by atoms with Gasteiger partial charge in [-0.3, -0.25) is 0 Å². The van der Waals surface area contributed by atoms with E-state index >= 15 is 0 Å². The number of hydrogen-bond donors (Lipinski definition) is 2. The van der Waals surface area contributed by atoms with E-state index in [-0.39, 0.29) is 24.0 Å². The molecule has 0 aliphatic heterocycles. The van der Waals surface area contributed by atoms with Crippen molar-refractivity contribution in [2.24, 2.45) is 10.7 Å². The van der Waals surface area contributed by atoms with E-state index in [0.717, 1.165) is 16.3 Å². The summed E-state index contributed by atoms with van der Waals surface area (Å²) >= 11 is 1.35. The first-order valence-electron chi connectivity index (χ1n) is 6.51. The maximum Gasteiger partial charge on any atom is 0.193 e. The Morgan fingerprint density at radius 2 is 2.19 bits per heavy atom. The first-order valence-corrected chi connectivity index (χ1v) is 7.28. The van der Waals surface area contributed by atoms with E-state index < -0.39 is 0 Å². The van der Waals surface area contributed by atoms with E-state index in [2.05, 4.69) is 45.9 Å². The van der Waals surface area contributed by atoms with Crippen molar-refractivity contribution in [1.82, 2.24) is 9.59 Å². The second kappa shape index (κ2) is 8.28. The summed E-state index contributed by atoms with van der Waals surface area (Å²) in [6.07, 6.45) is 0. The van der Waals surface area contributed by atoms with Crippen LogP contribution in [0.25, 0.3) is 0 Å². The summed E-state index contributed by atoms with van der Waals surface area (Å²) in [6, 6.07) is 8.19. The molecule has 0 fully saturated rings. The number of nitrogens with one attached hydrogen (secondary N) is 1. The molecule has 0 aliphatic rings. The number of aryl methyl sites for hydroxylation is 1. The van der Waals surface area contributed by atoms with E-state index in [9.17, 15) is 0 Å². The number of nitrogens with zero attached hydrogens (tertiary/aromatic N) is 3. The van der Waals surface area contributed by atoms with Gasteiger partial charge >= 0.3 is 0 Å². The van der Waals surface area contributed by atoms with Gasteiger partial charge in [0.2, 0.25) is 0 Å². The predicted molar refractivity (Wildman–Crippen MR) is 99.5 cm³/mol. The summed E-state index contributed by atoms with van der Waals surface area (Å²) in [6.45, 7) is 6.75. The number of aromatic nitrogens is 2. The Labute approximate surface area is 146 Å². The van der Waals surface area contributed by atoms with Crippen molar-refractivity contribution >= 4 is 47.2 Å². The van der Waals surface area contributed by atoms with Crippen LogP contribution in [0.5, 0.6) is 0 Å². The van der Waals surface area contributed by atoms with E-state index in [1.807, 2.05) is 19.1 Å². The van der Waals surface area contributed by atoms with Crippen LogP contribution in [-0.4, -0.2) is 15.5 Å². The Bertz CT molecular complexity index is 609. The summed E-state index contributed by atoms with van der Waals surface area (Å²) in [5, 5.41) is 7.06. The Morgan fingerprint density at radius 3 is 2.81 bits per heavy atom. The van der Waals surface area contributed by atoms with Crippen LogP contribution in [0, 0.1) is 6.92 Å². The summed E-state index contributed by atoms with van der Waals surface area (Å²) in [5.74, 6) is 0.888. The van der Waals surface area contributed by atoms with Crippen molar-refractivity contribution in [2.45, 2.75) is 33.2 Å². The largest absolute Gasteiger partial charge is 0.370 e. The number of hydrogen-bond acceptors (Lipinski definition) is 4. The molecular formula is C14H20IN5S. The summed E-state index contributed by atoms with van der Waals surface area (Å²) in [4.78, 5) is 5.34. The minimum absolute atomic E-state index is 0. The lowest BCUT2D eigenvalue weighted by atomic mass is 10.0. The number of nitrogens with two attached hydrogens (primary N) is 1. The highest BCUT2D eigenvalue weighted by Gasteiger charge is 2.03. The molecule has 0 amide bonds. The molecule has 2 rings (SSSR count). The van der Waals surface area contributed by atoms with Crippen molar-refractivity contribution in [3.05, 3.63) is 40.4 Å². The predicted octanol–water partition coefficient (Wildman–Crippen LogP) is 3.51. The monoisotopic (exact) mass is 417 g/mol. The highest BCUT2D eigenvalue weighted by atomic mass is 127. The zero-order chi connectivity index (χ0) is 14.5. The molecular weight excluding hydrogens is 397 g/mol. The number of benzene rings is 1. The van der Waals surface area contributed by atoms with Crippen molar-refractivity contribution in [2.75, 3.05) is 5.32 Å². The second-order valence-corrected chi connectivity index (χ2v) is 5.73. The van der Waals surface area contributed by atoms with E-state index in [1.54, 1.807) is 0 Å². The molecule has 0 radical (unpaired) electrons. The molecule has 7 heteroatoms. The van der Waals surface area contributed by atoms with Crippen LogP contribution in [-0.2, 0) is 6.54 Å². The maximum atomic E-state index is 5.90. The van der Waals surface area contributed by atoms with Gasteiger partial charge in [-0.15, -0.1) is 29.1 Å². The van der Waals surface area contributed by atoms with Crippen LogP contribution in [0.2, 0.25) is 0 Å². The first-order chi connectivity index (χ1) is 9.56. The summed E-state index contributed by atoms with van der Waals surface area (Å²) < 4.78 is 3.88. The molecule has 0 spiro atoms. The van der Waals surface area contributed by atoms with E-state index in [4.69, 9.17) is 5.73 Å². The summed E-state index contributed by atoms with van der Waals surface area (Å²) in [7, 11) is 0. The van der Waals surface area contributed by atoms with Gasteiger partial charge in [0.15, 0.2) is 5.96 Å². The second-order valence-electron chi connectivity index (χ2n) is 4.89. The van der Waals surface area contributed by atoms with Crippen molar-refractivity contribution in [1.29, 1.82) is 0 Å². The molecule has 1 aromatic carbocycles. The zero-order valence-corrected chi connectivity index (χ0v) is 15.5. The molecule has 21 heavy (non-hydrogen) atoms. The Hall–Kier alpha value is -1.22. The summed E-state index contributed by atoms with van der Waals surface area (Å²) in [5.41, 5.74) is 9.04. The molecule has 0 bridgehead atoms. The van der Waals surface area contributed by atoms with Gasteiger partial charge in [-0.05, 0) is 42.1 Å². The van der Waals surface area contributed by atoms with Gasteiger partial charge in [-0.1, -0.05) is 30.5 Å². The third-order valence-electron chi connectivity index (χ3n) is 2.96. The number of anilines is 1. The van der Waals surface area contributed by atoms with E-state index in [0.29, 0.717) is 18.4 Å². The molecule has 2 aromatic rings. The van der Waals surface area contributed by atoms with Crippen LogP contribution in [0.3, 0.4) is 0 Å². The molecule has 0 atom stereocenters. The van der Waals surface area contributed by atoms with Gasteiger partial charge in [0, 0.05) is 5.69 Å². The lowest BCUT2D eigenvalue weighted by Gasteiger charge is -2.09. The molecule has 0 aliphatic carbocycles. The van der Waals surface area contributed by atoms with Gasteiger partial charge in [0.05, 0.1) is 17.1 Å². The maximum absolute atomic E-state index is 5.90. The van der Waals surface area contributed by atoms with Crippen LogP contribution in [0.4, 0.5) is 5.69 Å². The highest BCUT2D eigenvalue weighted by molar-refractivity contribution is 14.0. The molecule has 1 heterocycles. The van der Waals surface area contributed by atoms with Crippen LogP contribution < -0.4 is 11.1 Å². The van der Waals surface area contributed by atoms with Gasteiger partial charge in [0.1, 0.15) is 0 Å². The fourth-order valence-electron chi connectivity index (χ4n) is 1.72. The first kappa shape index (κ1) is 17.8. The highest BCUT2D eigenvalue weighted by Crippen LogP contribution is 2.18. The van der Waals surface area contributed by atoms with Gasteiger partial charge in [-0.25, -0.2) is 4.99 Å². The normalized spacial score (nSPS) is 11.3. The molecule has 3 N–H and O–H groups in total. The van der Waals surface area contributed by atoms with Gasteiger partial charge in [-0.2, -0.15) is 0 Å². The smallest absolute Gasteiger partial charge is 0.193 e. The molecule has 5 nitrogen and oxygen atoms in total. The lowest BCUT2D eigenvalue weighted by molar-refractivity contribution is 0.867. The number of halogens is 1. The minimum Gasteiger partial charge on any atom is -0.370 e. The Balaban J connectivity index is 0.00000220. The van der Waals surface area contributed by atoms with Crippen LogP contribution in [0.15, 0.2) is 29.3 Å². The fourth-order valence-corrected chi connectivity index (χ4v) is 2.27. The van der Waals surface area contributed by atoms with Crippen molar-refractivity contribution < 1.29 is 0 Å². The third kappa shape index (κ3) is 5.24. The van der Waals surface area contributed by atoms with Crippen molar-refractivity contribution in [3.8, 4) is 0 Å². The van der Waals surface area contributed by atoms with E-state index in [1.165, 1.54) is 17.1 Å². The average Bonchev–Trinajstić information content (AvgIpc) is 2.82. The standard InChI is InChI=1S/C14H19N5S.HI/c1-9(2)11-5-4-6-12(7-11)17-14(15)16-8-13-10(3)18-19-20-13;/h4-7,9H,8H2,1-3H3,(H3,15,16,17);1H. The number of aliphatic imine (C=N–C) groups is 1. The van der Waals surface area contributed by atoms with Crippen LogP contribution >= 0.6 is 35.5 Å². The zero-order valence-electron chi connectivity index (χ0n) is 12.3. The number of guanidine groups is 1. The number of rotatable bonds is 4. The third-order valence-corrected chi connectivity index (χ3v) is 3.77. The SMILES string of the molecule is Cc1nnsc1CN=C(N)Nc1cccc(C(C)C)c1.I. The molecule has 0 unspecified atom stereocenters. The van der Waals surface area contributed by atoms with Gasteiger partial charge < -0.3 is 11.1 Å². The van der Waals surface area contributed by atoms with Gasteiger partial charge in [0.25, 0.3) is 0 Å².